The average molecular weight is 366 g/mol. The van der Waals surface area contributed by atoms with Crippen LogP contribution in [0.2, 0.25) is 0 Å². The fourth-order valence-corrected chi connectivity index (χ4v) is 2.98. The van der Waals surface area contributed by atoms with Crippen molar-refractivity contribution in [3.63, 3.8) is 0 Å². The van der Waals surface area contributed by atoms with Gasteiger partial charge < -0.3 is 4.74 Å². The van der Waals surface area contributed by atoms with Gasteiger partial charge in [0.15, 0.2) is 5.82 Å². The summed E-state index contributed by atoms with van der Waals surface area (Å²) >= 11 is 1.80. The minimum absolute atomic E-state index is 0.0311. The molecular weight excluding hydrogens is 354 g/mol. The van der Waals surface area contributed by atoms with Crippen molar-refractivity contribution >= 4 is 29.3 Å². The Hall–Kier alpha value is -2.26. The van der Waals surface area contributed by atoms with Crippen molar-refractivity contribution in [2.24, 2.45) is 5.10 Å². The lowest BCUT2D eigenvalue weighted by molar-refractivity contribution is 0.251. The van der Waals surface area contributed by atoms with Crippen LogP contribution in [-0.2, 0) is 0 Å². The molecule has 0 spiro atoms. The summed E-state index contributed by atoms with van der Waals surface area (Å²) in [6.45, 7) is 0. The summed E-state index contributed by atoms with van der Waals surface area (Å²) in [6, 6.07) is 10.8. The number of halogens is 2. The first-order valence-electron chi connectivity index (χ1n) is 6.80. The number of methoxy groups -OCH3 is 1. The smallest absolute Gasteiger partial charge is 0.291 e. The SMILES string of the molecule is COc1ccc(-c2nnc(SC(F)F)n2/N=C\c2cccs2)cc1. The van der Waals surface area contributed by atoms with E-state index in [4.69, 9.17) is 4.74 Å². The van der Waals surface area contributed by atoms with E-state index in [1.54, 1.807) is 37.6 Å². The van der Waals surface area contributed by atoms with Crippen LogP contribution in [0.1, 0.15) is 4.88 Å². The quantitative estimate of drug-likeness (QED) is 0.484. The minimum Gasteiger partial charge on any atom is -0.497 e. The zero-order valence-electron chi connectivity index (χ0n) is 12.5. The normalized spacial score (nSPS) is 11.5. The van der Waals surface area contributed by atoms with Crippen molar-refractivity contribution in [3.8, 4) is 17.1 Å². The van der Waals surface area contributed by atoms with Crippen LogP contribution in [-0.4, -0.2) is 34.0 Å². The predicted molar refractivity (Wildman–Crippen MR) is 91.2 cm³/mol. The van der Waals surface area contributed by atoms with E-state index in [0.29, 0.717) is 28.9 Å². The molecule has 124 valence electrons. The third-order valence-electron chi connectivity index (χ3n) is 3.00. The van der Waals surface area contributed by atoms with Crippen molar-refractivity contribution in [2.75, 3.05) is 7.11 Å². The van der Waals surface area contributed by atoms with E-state index in [2.05, 4.69) is 15.3 Å². The molecule has 0 bridgehead atoms. The summed E-state index contributed by atoms with van der Waals surface area (Å²) in [5, 5.41) is 14.0. The summed E-state index contributed by atoms with van der Waals surface area (Å²) in [5.74, 6) is -1.53. The fraction of sp³-hybridized carbons (Fsp3) is 0.133. The van der Waals surface area contributed by atoms with E-state index in [-0.39, 0.29) is 5.16 Å². The Balaban J connectivity index is 1.99. The molecule has 0 atom stereocenters. The van der Waals surface area contributed by atoms with Crippen molar-refractivity contribution in [3.05, 3.63) is 46.7 Å². The maximum Gasteiger partial charge on any atom is 0.291 e. The molecule has 0 unspecified atom stereocenters. The largest absolute Gasteiger partial charge is 0.497 e. The molecule has 3 rings (SSSR count). The van der Waals surface area contributed by atoms with Crippen LogP contribution >= 0.6 is 23.1 Å². The van der Waals surface area contributed by atoms with Gasteiger partial charge in [0.2, 0.25) is 5.16 Å². The lowest BCUT2D eigenvalue weighted by Crippen LogP contribution is -1.98. The lowest BCUT2D eigenvalue weighted by atomic mass is 10.2. The van der Waals surface area contributed by atoms with E-state index in [9.17, 15) is 8.78 Å². The van der Waals surface area contributed by atoms with Crippen LogP contribution in [0.25, 0.3) is 11.4 Å². The van der Waals surface area contributed by atoms with Crippen LogP contribution < -0.4 is 4.74 Å². The highest BCUT2D eigenvalue weighted by atomic mass is 32.2. The molecular formula is C15H12F2N4OS2. The number of alkyl halides is 2. The highest BCUT2D eigenvalue weighted by Crippen LogP contribution is 2.28. The van der Waals surface area contributed by atoms with Crippen molar-refractivity contribution in [1.82, 2.24) is 14.9 Å². The Morgan fingerprint density at radius 1 is 1.25 bits per heavy atom. The second kappa shape index (κ2) is 7.54. The van der Waals surface area contributed by atoms with Gasteiger partial charge in [-0.3, -0.25) is 0 Å². The Labute approximate surface area is 145 Å². The van der Waals surface area contributed by atoms with Gasteiger partial charge in [0.25, 0.3) is 5.76 Å². The summed E-state index contributed by atoms with van der Waals surface area (Å²) < 4.78 is 31.9. The third-order valence-corrected chi connectivity index (χ3v) is 4.45. The molecule has 3 aromatic rings. The number of rotatable bonds is 6. The molecule has 2 heterocycles. The van der Waals surface area contributed by atoms with Crippen molar-refractivity contribution in [1.29, 1.82) is 0 Å². The van der Waals surface area contributed by atoms with Gasteiger partial charge in [-0.05, 0) is 47.5 Å². The Morgan fingerprint density at radius 2 is 2.04 bits per heavy atom. The second-order valence-electron chi connectivity index (χ2n) is 4.48. The van der Waals surface area contributed by atoms with Gasteiger partial charge >= 0.3 is 0 Å². The standard InChI is InChI=1S/C15H12F2N4OS2/c1-22-11-6-4-10(5-7-11)13-19-20-15(24-14(16)17)21(13)18-9-12-3-2-8-23-12/h2-9,14H,1H3/b18-9-. The Kier molecular flexibility index (Phi) is 5.21. The molecule has 0 amide bonds. The molecule has 0 radical (unpaired) electrons. The molecule has 0 fully saturated rings. The number of aromatic nitrogens is 3. The van der Waals surface area contributed by atoms with Gasteiger partial charge in [-0.2, -0.15) is 18.6 Å². The first kappa shape index (κ1) is 16.6. The highest BCUT2D eigenvalue weighted by Gasteiger charge is 2.18. The first-order valence-corrected chi connectivity index (χ1v) is 8.56. The fourth-order valence-electron chi connectivity index (χ4n) is 1.92. The maximum absolute atomic E-state index is 12.7. The zero-order valence-corrected chi connectivity index (χ0v) is 14.1. The summed E-state index contributed by atoms with van der Waals surface area (Å²) in [5.41, 5.74) is 0.702. The van der Waals surface area contributed by atoms with E-state index < -0.39 is 5.76 Å². The summed E-state index contributed by atoms with van der Waals surface area (Å²) in [6.07, 6.45) is 1.59. The van der Waals surface area contributed by atoms with Gasteiger partial charge in [-0.25, -0.2) is 0 Å². The Morgan fingerprint density at radius 3 is 2.67 bits per heavy atom. The van der Waals surface area contributed by atoms with Gasteiger partial charge in [-0.15, -0.1) is 21.5 Å². The molecule has 0 aliphatic rings. The number of ether oxygens (including phenoxy) is 1. The number of nitrogens with zero attached hydrogens (tertiary/aromatic N) is 4. The van der Waals surface area contributed by atoms with Crippen LogP contribution in [0.4, 0.5) is 8.78 Å². The van der Waals surface area contributed by atoms with E-state index >= 15 is 0 Å². The zero-order chi connectivity index (χ0) is 16.9. The van der Waals surface area contributed by atoms with E-state index in [1.165, 1.54) is 16.0 Å². The van der Waals surface area contributed by atoms with Gasteiger partial charge in [0.05, 0.1) is 13.3 Å². The van der Waals surface area contributed by atoms with Crippen molar-refractivity contribution < 1.29 is 13.5 Å². The molecule has 1 aromatic carbocycles. The number of benzene rings is 1. The highest BCUT2D eigenvalue weighted by molar-refractivity contribution is 7.99. The van der Waals surface area contributed by atoms with Gasteiger partial charge in [0, 0.05) is 10.4 Å². The minimum atomic E-state index is -2.60. The topological polar surface area (TPSA) is 52.3 Å². The lowest BCUT2D eigenvalue weighted by Gasteiger charge is -2.05. The first-order chi connectivity index (χ1) is 11.7. The van der Waals surface area contributed by atoms with Crippen LogP contribution in [0.3, 0.4) is 0 Å². The summed E-state index contributed by atoms with van der Waals surface area (Å²) in [7, 11) is 1.57. The van der Waals surface area contributed by atoms with Crippen LogP contribution in [0.15, 0.2) is 52.0 Å². The van der Waals surface area contributed by atoms with E-state index in [1.807, 2.05) is 17.5 Å². The van der Waals surface area contributed by atoms with Crippen LogP contribution in [0, 0.1) is 0 Å². The molecule has 0 N–H and O–H groups in total. The van der Waals surface area contributed by atoms with E-state index in [0.717, 1.165) is 4.88 Å². The number of thiophene rings is 1. The molecule has 5 nitrogen and oxygen atoms in total. The summed E-state index contributed by atoms with van der Waals surface area (Å²) in [4.78, 5) is 0.900. The van der Waals surface area contributed by atoms with Crippen LogP contribution in [0.5, 0.6) is 5.75 Å². The number of hydrogen-bond donors (Lipinski definition) is 0. The molecule has 2 aromatic heterocycles. The number of hydrogen-bond acceptors (Lipinski definition) is 6. The number of thioether (sulfide) groups is 1. The average Bonchev–Trinajstić information content (AvgIpc) is 3.22. The Bertz CT molecular complexity index is 817. The molecule has 0 saturated carbocycles. The van der Waals surface area contributed by atoms with Gasteiger partial charge in [-0.1, -0.05) is 6.07 Å². The molecule has 0 saturated heterocycles. The third kappa shape index (κ3) is 3.80. The maximum atomic E-state index is 12.7. The molecule has 24 heavy (non-hydrogen) atoms. The monoisotopic (exact) mass is 366 g/mol. The van der Waals surface area contributed by atoms with Crippen molar-refractivity contribution in [2.45, 2.75) is 10.9 Å². The van der Waals surface area contributed by atoms with Gasteiger partial charge in [0.1, 0.15) is 5.75 Å². The predicted octanol–water partition coefficient (Wildman–Crippen LogP) is 4.21. The molecule has 9 heteroatoms. The molecule has 0 aliphatic heterocycles. The molecule has 0 aliphatic carbocycles. The second-order valence-corrected chi connectivity index (χ2v) is 6.42.